The number of carbonyl (C=O) groups is 1. The van der Waals surface area contributed by atoms with E-state index >= 15 is 0 Å². The molecule has 1 atom stereocenters. The second-order valence-electron chi connectivity index (χ2n) is 7.27. The van der Waals surface area contributed by atoms with Crippen LogP contribution in [0, 0.1) is 13.8 Å². The Bertz CT molecular complexity index is 1190. The molecule has 3 aromatic rings. The first-order chi connectivity index (χ1) is 12.8. The van der Waals surface area contributed by atoms with Crippen LogP contribution in [-0.2, 0) is 29.7 Å². The van der Waals surface area contributed by atoms with Gasteiger partial charge in [0.25, 0.3) is 5.56 Å². The maximum atomic E-state index is 13.0. The van der Waals surface area contributed by atoms with E-state index in [-0.39, 0.29) is 18.4 Å². The highest BCUT2D eigenvalue weighted by atomic mass is 16.5. The van der Waals surface area contributed by atoms with Crippen LogP contribution in [0.15, 0.2) is 9.59 Å². The molecule has 3 aromatic heterocycles. The van der Waals surface area contributed by atoms with Crippen LogP contribution in [0.5, 0.6) is 0 Å². The molecule has 4 heterocycles. The molecule has 0 amide bonds. The molecule has 0 radical (unpaired) electrons. The minimum atomic E-state index is -0.538. The van der Waals surface area contributed by atoms with E-state index in [2.05, 4.69) is 4.98 Å². The van der Waals surface area contributed by atoms with E-state index < -0.39 is 11.2 Å². The molecule has 0 saturated carbocycles. The lowest BCUT2D eigenvalue weighted by molar-refractivity contribution is -0.117. The normalized spacial score (nSPS) is 17.4. The lowest BCUT2D eigenvalue weighted by Crippen LogP contribution is -2.40. The number of nitrogens with zero attached hydrogens (tertiary/aromatic N) is 5. The van der Waals surface area contributed by atoms with Gasteiger partial charge in [-0.1, -0.05) is 0 Å². The number of Topliss-reactive ketones (excluding diaryl/α,β-unsaturated/α-hetero) is 1. The van der Waals surface area contributed by atoms with Crippen molar-refractivity contribution < 1.29 is 9.53 Å². The number of fused-ring (bicyclic) bond motifs is 3. The minimum Gasteiger partial charge on any atom is -0.376 e. The van der Waals surface area contributed by atoms with Gasteiger partial charge in [-0.05, 0) is 33.6 Å². The smallest absolute Gasteiger partial charge is 0.332 e. The Kier molecular flexibility index (Phi) is 4.06. The van der Waals surface area contributed by atoms with Gasteiger partial charge in [0.1, 0.15) is 5.78 Å². The summed E-state index contributed by atoms with van der Waals surface area (Å²) in [5.41, 5.74) is 1.50. The second-order valence-corrected chi connectivity index (χ2v) is 7.27. The molecule has 1 aliphatic rings. The van der Waals surface area contributed by atoms with Crippen LogP contribution in [0.25, 0.3) is 16.9 Å². The summed E-state index contributed by atoms with van der Waals surface area (Å²) in [6.45, 7) is 6.44. The lowest BCUT2D eigenvalue weighted by Gasteiger charge is -2.12. The number of ether oxygens (including phenoxy) is 1. The summed E-state index contributed by atoms with van der Waals surface area (Å²) in [6.07, 6.45) is 2.16. The standard InChI is InChI=1S/C18H23N5O4/c1-10(24)8-22-16(25)14-15(20(4)18(22)26)19-17-21(9-13-6-5-7-27-13)11(2)12(3)23(14)17/h13H,5-9H2,1-4H3/t13-/m0/s1. The monoisotopic (exact) mass is 373 g/mol. The zero-order valence-electron chi connectivity index (χ0n) is 16.0. The van der Waals surface area contributed by atoms with Crippen LogP contribution in [0.2, 0.25) is 0 Å². The SMILES string of the molecule is CC(=O)Cn1c(=O)c2c(nc3n(C[C@@H]4CCCO4)c(C)c(C)n23)n(C)c1=O. The lowest BCUT2D eigenvalue weighted by atomic mass is 10.2. The predicted molar refractivity (Wildman–Crippen MR) is 99.3 cm³/mol. The van der Waals surface area contributed by atoms with Gasteiger partial charge in [0.05, 0.1) is 19.2 Å². The molecule has 1 saturated heterocycles. The summed E-state index contributed by atoms with van der Waals surface area (Å²) in [5.74, 6) is 0.362. The van der Waals surface area contributed by atoms with E-state index in [1.54, 1.807) is 11.4 Å². The summed E-state index contributed by atoms with van der Waals surface area (Å²) in [7, 11) is 1.57. The van der Waals surface area contributed by atoms with Crippen molar-refractivity contribution in [2.75, 3.05) is 6.61 Å². The Hall–Kier alpha value is -2.68. The van der Waals surface area contributed by atoms with E-state index in [9.17, 15) is 14.4 Å². The molecule has 144 valence electrons. The molecule has 1 aliphatic heterocycles. The summed E-state index contributed by atoms with van der Waals surface area (Å²) >= 11 is 0. The molecule has 9 nitrogen and oxygen atoms in total. The molecular weight excluding hydrogens is 350 g/mol. The van der Waals surface area contributed by atoms with Crippen molar-refractivity contribution in [2.24, 2.45) is 7.05 Å². The maximum Gasteiger partial charge on any atom is 0.332 e. The molecule has 9 heteroatoms. The quantitative estimate of drug-likeness (QED) is 0.665. The highest BCUT2D eigenvalue weighted by Gasteiger charge is 2.25. The van der Waals surface area contributed by atoms with E-state index in [1.165, 1.54) is 11.5 Å². The van der Waals surface area contributed by atoms with Crippen molar-refractivity contribution >= 4 is 22.7 Å². The molecule has 0 bridgehead atoms. The number of hydrogen-bond donors (Lipinski definition) is 0. The largest absolute Gasteiger partial charge is 0.376 e. The Balaban J connectivity index is 2.04. The van der Waals surface area contributed by atoms with Gasteiger partial charge in [0.15, 0.2) is 11.2 Å². The molecule has 27 heavy (non-hydrogen) atoms. The molecular formula is C18H23N5O4. The Morgan fingerprint density at radius 3 is 2.59 bits per heavy atom. The fraction of sp³-hybridized carbons (Fsp3) is 0.556. The summed E-state index contributed by atoms with van der Waals surface area (Å²) in [6, 6.07) is 0. The van der Waals surface area contributed by atoms with E-state index in [0.717, 1.165) is 35.4 Å². The van der Waals surface area contributed by atoms with Crippen molar-refractivity contribution in [2.45, 2.75) is 52.8 Å². The van der Waals surface area contributed by atoms with Crippen LogP contribution < -0.4 is 11.2 Å². The van der Waals surface area contributed by atoms with Gasteiger partial charge in [-0.2, -0.15) is 4.98 Å². The fourth-order valence-electron chi connectivity index (χ4n) is 3.89. The topological polar surface area (TPSA) is 92.5 Å². The molecule has 0 aromatic carbocycles. The van der Waals surface area contributed by atoms with Crippen LogP contribution in [0.1, 0.15) is 31.2 Å². The van der Waals surface area contributed by atoms with Crippen molar-refractivity contribution in [3.05, 3.63) is 32.2 Å². The van der Waals surface area contributed by atoms with E-state index in [4.69, 9.17) is 4.74 Å². The molecule has 0 aliphatic carbocycles. The van der Waals surface area contributed by atoms with Gasteiger partial charge in [-0.25, -0.2) is 4.79 Å². The van der Waals surface area contributed by atoms with Gasteiger partial charge < -0.3 is 9.30 Å². The molecule has 1 fully saturated rings. The number of rotatable bonds is 4. The average Bonchev–Trinajstić information content (AvgIpc) is 3.31. The van der Waals surface area contributed by atoms with Crippen molar-refractivity contribution in [1.29, 1.82) is 0 Å². The first kappa shape index (κ1) is 17.7. The third-order valence-electron chi connectivity index (χ3n) is 5.42. The zero-order chi connectivity index (χ0) is 19.5. The number of ketones is 1. The van der Waals surface area contributed by atoms with Gasteiger partial charge in [0.2, 0.25) is 5.78 Å². The van der Waals surface area contributed by atoms with E-state index in [1.807, 2.05) is 18.4 Å². The van der Waals surface area contributed by atoms with Gasteiger partial charge in [-0.3, -0.25) is 23.1 Å². The Morgan fingerprint density at radius 1 is 1.22 bits per heavy atom. The maximum absolute atomic E-state index is 13.0. The summed E-state index contributed by atoms with van der Waals surface area (Å²) < 4.78 is 11.9. The molecule has 0 N–H and O–H groups in total. The zero-order valence-corrected chi connectivity index (χ0v) is 16.0. The Labute approximate surface area is 154 Å². The number of imidazole rings is 2. The summed E-state index contributed by atoms with van der Waals surface area (Å²) in [4.78, 5) is 41.7. The average molecular weight is 373 g/mol. The summed E-state index contributed by atoms with van der Waals surface area (Å²) in [5, 5.41) is 0. The first-order valence-corrected chi connectivity index (χ1v) is 9.10. The van der Waals surface area contributed by atoms with Crippen LogP contribution in [-0.4, -0.2) is 41.6 Å². The number of hydrogen-bond acceptors (Lipinski definition) is 5. The second kappa shape index (κ2) is 6.19. The number of aromatic nitrogens is 5. The third kappa shape index (κ3) is 2.56. The van der Waals surface area contributed by atoms with Gasteiger partial charge >= 0.3 is 5.69 Å². The highest BCUT2D eigenvalue weighted by molar-refractivity contribution is 5.78. The molecule has 0 unspecified atom stereocenters. The van der Waals surface area contributed by atoms with Gasteiger partial charge in [-0.15, -0.1) is 0 Å². The Morgan fingerprint density at radius 2 is 1.96 bits per heavy atom. The molecule has 0 spiro atoms. The first-order valence-electron chi connectivity index (χ1n) is 9.10. The van der Waals surface area contributed by atoms with Crippen molar-refractivity contribution in [3.8, 4) is 0 Å². The van der Waals surface area contributed by atoms with Crippen LogP contribution >= 0.6 is 0 Å². The van der Waals surface area contributed by atoms with Crippen LogP contribution in [0.3, 0.4) is 0 Å². The highest BCUT2D eigenvalue weighted by Crippen LogP contribution is 2.23. The van der Waals surface area contributed by atoms with Gasteiger partial charge in [0, 0.05) is 25.0 Å². The molecule has 4 rings (SSSR count). The minimum absolute atomic E-state index is 0.123. The van der Waals surface area contributed by atoms with E-state index in [0.29, 0.717) is 23.5 Å². The number of aryl methyl sites for hydroxylation is 2. The van der Waals surface area contributed by atoms with Crippen molar-refractivity contribution in [1.82, 2.24) is 23.1 Å². The predicted octanol–water partition coefficient (Wildman–Crippen LogP) is 0.534. The van der Waals surface area contributed by atoms with Crippen LogP contribution in [0.4, 0.5) is 0 Å². The number of carbonyl (C=O) groups excluding carboxylic acids is 1. The fourth-order valence-corrected chi connectivity index (χ4v) is 3.89. The third-order valence-corrected chi connectivity index (χ3v) is 5.42. The van der Waals surface area contributed by atoms with Crippen molar-refractivity contribution in [3.63, 3.8) is 0 Å².